The molecule has 1 heterocycles. The second kappa shape index (κ2) is 4.77. The molecule has 96 valence electrons. The van der Waals surface area contributed by atoms with E-state index in [0.717, 1.165) is 0 Å². The summed E-state index contributed by atoms with van der Waals surface area (Å²) < 4.78 is 1.68. The highest BCUT2D eigenvalue weighted by molar-refractivity contribution is 5.93. The van der Waals surface area contributed by atoms with Crippen LogP contribution in [0.4, 0.5) is 5.82 Å². The van der Waals surface area contributed by atoms with Crippen molar-refractivity contribution in [2.24, 2.45) is 0 Å². The zero-order valence-corrected chi connectivity index (χ0v) is 11.3. The lowest BCUT2D eigenvalue weighted by atomic mass is 10.1. The van der Waals surface area contributed by atoms with Gasteiger partial charge in [-0.2, -0.15) is 5.10 Å². The number of rotatable bonds is 3. The zero-order valence-electron chi connectivity index (χ0n) is 11.3. The van der Waals surface area contributed by atoms with Crippen molar-refractivity contribution in [1.82, 2.24) is 14.7 Å². The first-order valence-corrected chi connectivity index (χ1v) is 5.96. The molecule has 0 aliphatic rings. The van der Waals surface area contributed by atoms with Crippen LogP contribution in [-0.4, -0.2) is 33.7 Å². The number of carbonyl (C=O) groups excluding carboxylic acids is 1. The summed E-state index contributed by atoms with van der Waals surface area (Å²) in [6.07, 6.45) is 0. The van der Waals surface area contributed by atoms with E-state index in [2.05, 4.69) is 5.10 Å². The fourth-order valence-electron chi connectivity index (χ4n) is 1.71. The van der Waals surface area contributed by atoms with Gasteiger partial charge in [0.25, 0.3) is 5.91 Å². The number of carbonyl (C=O) groups is 1. The molecule has 1 rings (SSSR count). The second-order valence-electron chi connectivity index (χ2n) is 5.01. The van der Waals surface area contributed by atoms with Gasteiger partial charge in [-0.25, -0.2) is 4.68 Å². The van der Waals surface area contributed by atoms with Gasteiger partial charge in [0.05, 0.1) is 5.54 Å². The van der Waals surface area contributed by atoms with Gasteiger partial charge in [-0.1, -0.05) is 0 Å². The number of nitrogens with zero attached hydrogens (tertiary/aromatic N) is 3. The lowest BCUT2D eigenvalue weighted by molar-refractivity contribution is 0.0765. The van der Waals surface area contributed by atoms with E-state index in [1.54, 1.807) is 15.6 Å². The summed E-state index contributed by atoms with van der Waals surface area (Å²) >= 11 is 0. The molecule has 0 unspecified atom stereocenters. The highest BCUT2D eigenvalue weighted by atomic mass is 16.2. The molecule has 0 aliphatic heterocycles. The highest BCUT2D eigenvalue weighted by Crippen LogP contribution is 2.19. The lowest BCUT2D eigenvalue weighted by Gasteiger charge is -2.21. The maximum atomic E-state index is 12.1. The van der Waals surface area contributed by atoms with Gasteiger partial charge < -0.3 is 10.6 Å². The largest absolute Gasteiger partial charge is 0.384 e. The molecule has 0 saturated heterocycles. The van der Waals surface area contributed by atoms with Crippen LogP contribution < -0.4 is 5.73 Å². The molecule has 1 amide bonds. The molecule has 0 aromatic carbocycles. The fraction of sp³-hybridized carbons (Fsp3) is 0.667. The summed E-state index contributed by atoms with van der Waals surface area (Å²) in [5.41, 5.74) is 6.08. The van der Waals surface area contributed by atoms with E-state index < -0.39 is 0 Å². The average Bonchev–Trinajstić information content (AvgIpc) is 2.61. The van der Waals surface area contributed by atoms with Gasteiger partial charge in [0.1, 0.15) is 5.82 Å². The predicted octanol–water partition coefficient (Wildman–Crippen LogP) is 1.70. The summed E-state index contributed by atoms with van der Waals surface area (Å²) in [4.78, 5) is 13.8. The quantitative estimate of drug-likeness (QED) is 0.871. The van der Waals surface area contributed by atoms with Gasteiger partial charge in [0.2, 0.25) is 0 Å². The van der Waals surface area contributed by atoms with Gasteiger partial charge in [0, 0.05) is 19.2 Å². The minimum Gasteiger partial charge on any atom is -0.384 e. The third kappa shape index (κ3) is 2.78. The maximum Gasteiger partial charge on any atom is 0.274 e. The van der Waals surface area contributed by atoms with Crippen LogP contribution in [0.15, 0.2) is 6.07 Å². The summed E-state index contributed by atoms with van der Waals surface area (Å²) in [5.74, 6) is 0.456. The Morgan fingerprint density at radius 1 is 1.41 bits per heavy atom. The van der Waals surface area contributed by atoms with Crippen LogP contribution in [0.25, 0.3) is 0 Å². The Bertz CT molecular complexity index is 399. The Morgan fingerprint density at radius 3 is 2.29 bits per heavy atom. The van der Waals surface area contributed by atoms with Crippen LogP contribution in [0.5, 0.6) is 0 Å². The van der Waals surface area contributed by atoms with E-state index in [1.165, 1.54) is 0 Å². The first-order chi connectivity index (χ1) is 7.81. The number of nitrogen functional groups attached to an aromatic ring is 1. The van der Waals surface area contributed by atoms with Crippen LogP contribution in [0.1, 0.15) is 45.1 Å². The summed E-state index contributed by atoms with van der Waals surface area (Å²) in [6, 6.07) is 1.64. The van der Waals surface area contributed by atoms with Crippen molar-refractivity contribution in [1.29, 1.82) is 0 Å². The van der Waals surface area contributed by atoms with E-state index in [4.69, 9.17) is 5.73 Å². The minimum absolute atomic E-state index is 0.0651. The van der Waals surface area contributed by atoms with Crippen molar-refractivity contribution >= 4 is 11.7 Å². The van der Waals surface area contributed by atoms with Gasteiger partial charge in [-0.3, -0.25) is 4.79 Å². The van der Waals surface area contributed by atoms with E-state index in [-0.39, 0.29) is 11.4 Å². The standard InChI is InChI=1S/C12H22N4O/c1-6-15(7-2)11(17)9-8-10(13)16(14-9)12(3,4)5/h8H,6-7,13H2,1-5H3. The molecule has 0 atom stereocenters. The molecule has 0 fully saturated rings. The van der Waals surface area contributed by atoms with E-state index in [0.29, 0.717) is 24.6 Å². The number of hydrogen-bond acceptors (Lipinski definition) is 3. The smallest absolute Gasteiger partial charge is 0.274 e. The first-order valence-electron chi connectivity index (χ1n) is 5.96. The van der Waals surface area contributed by atoms with Gasteiger partial charge in [-0.05, 0) is 34.6 Å². The first kappa shape index (κ1) is 13.5. The minimum atomic E-state index is -0.216. The maximum absolute atomic E-state index is 12.1. The van der Waals surface area contributed by atoms with Crippen LogP contribution >= 0.6 is 0 Å². The third-order valence-corrected chi connectivity index (χ3v) is 2.64. The van der Waals surface area contributed by atoms with Crippen LogP contribution in [0, 0.1) is 0 Å². The van der Waals surface area contributed by atoms with Crippen molar-refractivity contribution in [3.63, 3.8) is 0 Å². The normalized spacial score (nSPS) is 11.6. The molecule has 1 aromatic rings. The molecule has 0 bridgehead atoms. The van der Waals surface area contributed by atoms with E-state index in [9.17, 15) is 4.79 Å². The van der Waals surface area contributed by atoms with Crippen LogP contribution in [0.2, 0.25) is 0 Å². The molecular formula is C12H22N4O. The van der Waals surface area contributed by atoms with Gasteiger partial charge >= 0.3 is 0 Å². The molecule has 0 spiro atoms. The molecule has 0 aliphatic carbocycles. The van der Waals surface area contributed by atoms with Crippen molar-refractivity contribution < 1.29 is 4.79 Å². The summed E-state index contributed by atoms with van der Waals surface area (Å²) in [6.45, 7) is 11.3. The highest BCUT2D eigenvalue weighted by Gasteiger charge is 2.22. The van der Waals surface area contributed by atoms with Crippen molar-refractivity contribution in [3.8, 4) is 0 Å². The Kier molecular flexibility index (Phi) is 3.80. The van der Waals surface area contributed by atoms with Crippen molar-refractivity contribution in [2.45, 2.75) is 40.2 Å². The molecule has 2 N–H and O–H groups in total. The molecule has 1 aromatic heterocycles. The van der Waals surface area contributed by atoms with E-state index >= 15 is 0 Å². The fourth-order valence-corrected chi connectivity index (χ4v) is 1.71. The Balaban J connectivity index is 3.06. The number of amides is 1. The average molecular weight is 238 g/mol. The molecule has 5 heteroatoms. The molecule has 17 heavy (non-hydrogen) atoms. The summed E-state index contributed by atoms with van der Waals surface area (Å²) in [5, 5.41) is 4.30. The number of aromatic nitrogens is 2. The number of anilines is 1. The lowest BCUT2D eigenvalue weighted by Crippen LogP contribution is -2.31. The van der Waals surface area contributed by atoms with Gasteiger partial charge in [-0.15, -0.1) is 0 Å². The number of hydrogen-bond donors (Lipinski definition) is 1. The van der Waals surface area contributed by atoms with Crippen LogP contribution in [-0.2, 0) is 5.54 Å². The molecular weight excluding hydrogens is 216 g/mol. The van der Waals surface area contributed by atoms with Crippen LogP contribution in [0.3, 0.4) is 0 Å². The Hall–Kier alpha value is -1.52. The molecule has 0 saturated carbocycles. The summed E-state index contributed by atoms with van der Waals surface area (Å²) in [7, 11) is 0. The second-order valence-corrected chi connectivity index (χ2v) is 5.01. The topological polar surface area (TPSA) is 64.2 Å². The Morgan fingerprint density at radius 2 is 1.94 bits per heavy atom. The Labute approximate surface area is 103 Å². The van der Waals surface area contributed by atoms with E-state index in [1.807, 2.05) is 34.6 Å². The third-order valence-electron chi connectivity index (χ3n) is 2.64. The molecule has 0 radical (unpaired) electrons. The molecule has 5 nitrogen and oxygen atoms in total. The van der Waals surface area contributed by atoms with Crippen molar-refractivity contribution in [2.75, 3.05) is 18.8 Å². The van der Waals surface area contributed by atoms with Gasteiger partial charge in [0.15, 0.2) is 5.69 Å². The monoisotopic (exact) mass is 238 g/mol. The SMILES string of the molecule is CCN(CC)C(=O)c1cc(N)n(C(C)(C)C)n1. The number of nitrogens with two attached hydrogens (primary N) is 1. The van der Waals surface area contributed by atoms with Crippen molar-refractivity contribution in [3.05, 3.63) is 11.8 Å². The predicted molar refractivity (Wildman–Crippen MR) is 68.9 cm³/mol. The zero-order chi connectivity index (χ0) is 13.2.